The third kappa shape index (κ3) is 4.87. The van der Waals surface area contributed by atoms with Crippen molar-refractivity contribution < 1.29 is 4.79 Å². The van der Waals surface area contributed by atoms with Crippen molar-refractivity contribution in [2.24, 2.45) is 0 Å². The highest BCUT2D eigenvalue weighted by molar-refractivity contribution is 7.99. The summed E-state index contributed by atoms with van der Waals surface area (Å²) >= 11 is 16.6. The third-order valence-electron chi connectivity index (χ3n) is 4.85. The Hall–Kier alpha value is -1.91. The predicted octanol–water partition coefficient (Wildman–Crippen LogP) is 6.80. The van der Waals surface area contributed by atoms with E-state index in [9.17, 15) is 4.79 Å². The molecule has 0 bridgehead atoms. The van der Waals surface area contributed by atoms with E-state index in [1.807, 2.05) is 22.9 Å². The molecule has 0 aliphatic carbocycles. The number of carbonyl (C=O) groups is 1. The molecule has 11 heteroatoms. The van der Waals surface area contributed by atoms with Crippen LogP contribution in [0.15, 0.2) is 34.1 Å². The smallest absolute Gasteiger partial charge is 0.236 e. The maximum atomic E-state index is 12.5. The molecule has 3 heterocycles. The van der Waals surface area contributed by atoms with Gasteiger partial charge in [0.15, 0.2) is 16.1 Å². The van der Waals surface area contributed by atoms with Crippen LogP contribution in [-0.4, -0.2) is 31.4 Å². The molecule has 4 rings (SSSR count). The Morgan fingerprint density at radius 1 is 1.16 bits per heavy atom. The number of hydrogen-bond donors (Lipinski definition) is 1. The van der Waals surface area contributed by atoms with E-state index in [4.69, 9.17) is 23.2 Å². The van der Waals surface area contributed by atoms with Crippen molar-refractivity contribution in [1.29, 1.82) is 0 Å². The van der Waals surface area contributed by atoms with E-state index in [0.29, 0.717) is 26.0 Å². The molecule has 0 aliphatic rings. The van der Waals surface area contributed by atoms with Gasteiger partial charge in [0, 0.05) is 38.3 Å². The highest BCUT2D eigenvalue weighted by atomic mass is 35.5. The van der Waals surface area contributed by atoms with E-state index in [2.05, 4.69) is 39.7 Å². The average Bonchev–Trinajstić information content (AvgIpc) is 3.46. The standard InChI is InChI=1S/C21H19Cl2N5OS3/c1-4-28-19(15-8-30-12(3)11(15)2)26-27-21(28)32-10-18(29)25-20-24-17(9-31-20)14-6-5-13(22)7-16(14)23/h5-9H,4,10H2,1-3H3,(H,24,25,29). The third-order valence-corrected chi connectivity index (χ3v) is 8.14. The number of benzene rings is 1. The molecule has 0 unspecified atom stereocenters. The fourth-order valence-corrected chi connectivity index (χ4v) is 5.95. The Bertz CT molecular complexity index is 1280. The van der Waals surface area contributed by atoms with Gasteiger partial charge in [-0.05, 0) is 44.5 Å². The molecular formula is C21H19Cl2N5OS3. The van der Waals surface area contributed by atoms with Crippen molar-refractivity contribution in [2.45, 2.75) is 32.5 Å². The zero-order valence-electron chi connectivity index (χ0n) is 17.5. The minimum absolute atomic E-state index is 0.159. The lowest BCUT2D eigenvalue weighted by Gasteiger charge is -2.07. The van der Waals surface area contributed by atoms with Gasteiger partial charge >= 0.3 is 0 Å². The largest absolute Gasteiger partial charge is 0.302 e. The van der Waals surface area contributed by atoms with Gasteiger partial charge in [0.1, 0.15) is 0 Å². The molecule has 0 radical (unpaired) electrons. The molecule has 32 heavy (non-hydrogen) atoms. The van der Waals surface area contributed by atoms with Crippen molar-refractivity contribution in [1.82, 2.24) is 19.7 Å². The maximum Gasteiger partial charge on any atom is 0.236 e. The van der Waals surface area contributed by atoms with Crippen molar-refractivity contribution in [2.75, 3.05) is 11.1 Å². The Kier molecular flexibility index (Phi) is 7.21. The predicted molar refractivity (Wildman–Crippen MR) is 135 cm³/mol. The van der Waals surface area contributed by atoms with E-state index < -0.39 is 0 Å². The average molecular weight is 525 g/mol. The van der Waals surface area contributed by atoms with Crippen LogP contribution in [0.2, 0.25) is 10.0 Å². The Labute approximate surface area is 208 Å². The van der Waals surface area contributed by atoms with Crippen molar-refractivity contribution >= 4 is 68.7 Å². The fourth-order valence-electron chi connectivity index (χ4n) is 3.05. The van der Waals surface area contributed by atoms with Crippen LogP contribution in [0.1, 0.15) is 17.4 Å². The van der Waals surface area contributed by atoms with Gasteiger partial charge in [0.2, 0.25) is 5.91 Å². The maximum absolute atomic E-state index is 12.5. The molecule has 1 aromatic carbocycles. The number of hydrogen-bond acceptors (Lipinski definition) is 7. The molecule has 4 aromatic rings. The number of halogens is 2. The van der Waals surface area contributed by atoms with Gasteiger partial charge in [-0.25, -0.2) is 4.98 Å². The first-order chi connectivity index (χ1) is 15.4. The van der Waals surface area contributed by atoms with Gasteiger partial charge in [-0.3, -0.25) is 4.79 Å². The van der Waals surface area contributed by atoms with Crippen LogP contribution in [-0.2, 0) is 11.3 Å². The molecule has 6 nitrogen and oxygen atoms in total. The molecule has 0 spiro atoms. The van der Waals surface area contributed by atoms with Crippen LogP contribution in [0.5, 0.6) is 0 Å². The number of carbonyl (C=O) groups excluding carboxylic acids is 1. The summed E-state index contributed by atoms with van der Waals surface area (Å²) < 4.78 is 2.04. The molecule has 1 amide bonds. The SMILES string of the molecule is CCn1c(SCC(=O)Nc2nc(-c3ccc(Cl)cc3Cl)cs2)nnc1-c1csc(C)c1C. The first-order valence-corrected chi connectivity index (χ1v) is 13.2. The first-order valence-electron chi connectivity index (χ1n) is 9.69. The summed E-state index contributed by atoms with van der Waals surface area (Å²) in [5.41, 5.74) is 3.77. The molecular weight excluding hydrogens is 505 g/mol. The highest BCUT2D eigenvalue weighted by Gasteiger charge is 2.18. The molecule has 166 valence electrons. The summed E-state index contributed by atoms with van der Waals surface area (Å²) in [4.78, 5) is 18.3. The lowest BCUT2D eigenvalue weighted by molar-refractivity contribution is -0.113. The minimum Gasteiger partial charge on any atom is -0.302 e. The summed E-state index contributed by atoms with van der Waals surface area (Å²) in [6.07, 6.45) is 0. The number of aryl methyl sites for hydroxylation is 1. The normalized spacial score (nSPS) is 11.2. The number of amides is 1. The Morgan fingerprint density at radius 2 is 1.97 bits per heavy atom. The van der Waals surface area contributed by atoms with Gasteiger partial charge in [-0.2, -0.15) is 0 Å². The summed E-state index contributed by atoms with van der Waals surface area (Å²) in [5.74, 6) is 0.880. The number of nitrogens with zero attached hydrogens (tertiary/aromatic N) is 4. The Morgan fingerprint density at radius 3 is 2.66 bits per heavy atom. The zero-order valence-corrected chi connectivity index (χ0v) is 21.4. The van der Waals surface area contributed by atoms with Gasteiger partial charge in [-0.1, -0.05) is 35.0 Å². The van der Waals surface area contributed by atoms with Crippen LogP contribution >= 0.6 is 57.6 Å². The van der Waals surface area contributed by atoms with Gasteiger partial charge in [0.05, 0.1) is 16.5 Å². The van der Waals surface area contributed by atoms with Gasteiger partial charge in [-0.15, -0.1) is 32.9 Å². The van der Waals surface area contributed by atoms with Crippen LogP contribution in [0, 0.1) is 13.8 Å². The molecule has 0 saturated heterocycles. The summed E-state index contributed by atoms with van der Waals surface area (Å²) in [6.45, 7) is 6.96. The van der Waals surface area contributed by atoms with Crippen LogP contribution in [0.25, 0.3) is 22.6 Å². The number of aromatic nitrogens is 4. The summed E-state index contributed by atoms with van der Waals surface area (Å²) in [7, 11) is 0. The monoisotopic (exact) mass is 523 g/mol. The highest BCUT2D eigenvalue weighted by Crippen LogP contribution is 2.33. The lowest BCUT2D eigenvalue weighted by atomic mass is 10.1. The minimum atomic E-state index is -0.159. The number of thioether (sulfide) groups is 1. The van der Waals surface area contributed by atoms with Crippen molar-refractivity contribution in [3.05, 3.63) is 49.4 Å². The summed E-state index contributed by atoms with van der Waals surface area (Å²) in [6, 6.07) is 5.24. The molecule has 1 N–H and O–H groups in total. The van der Waals surface area contributed by atoms with E-state index in [1.54, 1.807) is 23.5 Å². The fraction of sp³-hybridized carbons (Fsp3) is 0.238. The lowest BCUT2D eigenvalue weighted by Crippen LogP contribution is -2.14. The quantitative estimate of drug-likeness (QED) is 0.269. The van der Waals surface area contributed by atoms with E-state index in [0.717, 1.165) is 23.5 Å². The topological polar surface area (TPSA) is 72.7 Å². The van der Waals surface area contributed by atoms with Crippen LogP contribution in [0.3, 0.4) is 0 Å². The Balaban J connectivity index is 1.42. The molecule has 0 fully saturated rings. The van der Waals surface area contributed by atoms with E-state index in [-0.39, 0.29) is 11.7 Å². The molecule has 0 atom stereocenters. The van der Waals surface area contributed by atoms with Crippen LogP contribution in [0.4, 0.5) is 5.13 Å². The second-order valence-electron chi connectivity index (χ2n) is 6.88. The van der Waals surface area contributed by atoms with E-state index in [1.165, 1.54) is 33.5 Å². The van der Waals surface area contributed by atoms with Crippen LogP contribution < -0.4 is 5.32 Å². The second-order valence-corrected chi connectivity index (χ2v) is 10.6. The molecule has 0 saturated carbocycles. The van der Waals surface area contributed by atoms with Gasteiger partial charge < -0.3 is 9.88 Å². The number of rotatable bonds is 7. The summed E-state index contributed by atoms with van der Waals surface area (Å²) in [5, 5.41) is 17.8. The van der Waals surface area contributed by atoms with Crippen molar-refractivity contribution in [3.63, 3.8) is 0 Å². The van der Waals surface area contributed by atoms with Crippen molar-refractivity contribution in [3.8, 4) is 22.6 Å². The number of thiazole rings is 1. The molecule has 3 aromatic heterocycles. The van der Waals surface area contributed by atoms with E-state index >= 15 is 0 Å². The zero-order chi connectivity index (χ0) is 22.8. The number of nitrogens with one attached hydrogen (secondary N) is 1. The second kappa shape index (κ2) is 9.93. The number of thiophene rings is 1. The molecule has 0 aliphatic heterocycles. The first kappa shape index (κ1) is 23.3. The van der Waals surface area contributed by atoms with Gasteiger partial charge in [0.25, 0.3) is 0 Å². The number of anilines is 1.